The van der Waals surface area contributed by atoms with Gasteiger partial charge in [-0.15, -0.1) is 0 Å². The number of rotatable bonds is 4. The molecule has 1 amide bonds. The van der Waals surface area contributed by atoms with Crippen molar-refractivity contribution >= 4 is 23.5 Å². The van der Waals surface area contributed by atoms with Gasteiger partial charge in [0.1, 0.15) is 0 Å². The van der Waals surface area contributed by atoms with Crippen molar-refractivity contribution < 1.29 is 9.59 Å². The molecule has 102 valence electrons. The molecule has 0 aliphatic heterocycles. The molecule has 0 saturated carbocycles. The largest absolute Gasteiger partial charge is 0.322 e. The number of carbonyl (C=O) groups is 2. The highest BCUT2D eigenvalue weighted by Crippen LogP contribution is 2.11. The van der Waals surface area contributed by atoms with Gasteiger partial charge in [-0.2, -0.15) is 5.10 Å². The highest BCUT2D eigenvalue weighted by atomic mass is 16.1. The lowest BCUT2D eigenvalue weighted by Gasteiger charge is -2.03. The first-order chi connectivity index (χ1) is 9.54. The van der Waals surface area contributed by atoms with Crippen LogP contribution in [0.5, 0.6) is 0 Å². The van der Waals surface area contributed by atoms with Crippen LogP contribution >= 0.6 is 0 Å². The van der Waals surface area contributed by atoms with E-state index in [1.54, 1.807) is 47.4 Å². The van der Waals surface area contributed by atoms with Crippen molar-refractivity contribution in [3.63, 3.8) is 0 Å². The SMILES string of the molecule is CC(=O)c1cccc(NC(=O)/C=C\c2cnn(C)c2)c1. The molecule has 0 fully saturated rings. The zero-order valence-corrected chi connectivity index (χ0v) is 11.3. The van der Waals surface area contributed by atoms with E-state index in [4.69, 9.17) is 0 Å². The van der Waals surface area contributed by atoms with Crippen molar-refractivity contribution in [1.29, 1.82) is 0 Å². The van der Waals surface area contributed by atoms with Gasteiger partial charge in [-0.05, 0) is 25.1 Å². The van der Waals surface area contributed by atoms with Crippen molar-refractivity contribution in [2.75, 3.05) is 5.32 Å². The average Bonchev–Trinajstić information content (AvgIpc) is 2.82. The second kappa shape index (κ2) is 5.97. The van der Waals surface area contributed by atoms with Gasteiger partial charge >= 0.3 is 0 Å². The minimum atomic E-state index is -0.255. The predicted octanol–water partition coefficient (Wildman–Crippen LogP) is 2.27. The summed E-state index contributed by atoms with van der Waals surface area (Å²) >= 11 is 0. The normalized spacial score (nSPS) is 10.7. The third-order valence-electron chi connectivity index (χ3n) is 2.69. The molecule has 0 unspecified atom stereocenters. The Balaban J connectivity index is 2.02. The van der Waals surface area contributed by atoms with Gasteiger partial charge < -0.3 is 5.32 Å². The number of hydrogen-bond acceptors (Lipinski definition) is 3. The van der Waals surface area contributed by atoms with Crippen LogP contribution in [0, 0.1) is 0 Å². The van der Waals surface area contributed by atoms with Crippen molar-refractivity contribution in [1.82, 2.24) is 9.78 Å². The van der Waals surface area contributed by atoms with Crippen molar-refractivity contribution in [3.8, 4) is 0 Å². The lowest BCUT2D eigenvalue weighted by atomic mass is 10.1. The van der Waals surface area contributed by atoms with Gasteiger partial charge in [-0.1, -0.05) is 12.1 Å². The summed E-state index contributed by atoms with van der Waals surface area (Å²) in [5, 5.41) is 6.71. The molecule has 1 aromatic carbocycles. The molecule has 5 heteroatoms. The minimum absolute atomic E-state index is 0.0352. The van der Waals surface area contributed by atoms with Crippen LogP contribution in [0.1, 0.15) is 22.8 Å². The predicted molar refractivity (Wildman–Crippen MR) is 77.3 cm³/mol. The van der Waals surface area contributed by atoms with Crippen LogP contribution < -0.4 is 5.32 Å². The molecule has 0 spiro atoms. The summed E-state index contributed by atoms with van der Waals surface area (Å²) < 4.78 is 1.66. The van der Waals surface area contributed by atoms with Gasteiger partial charge in [0.15, 0.2) is 5.78 Å². The maximum absolute atomic E-state index is 11.8. The number of nitrogens with one attached hydrogen (secondary N) is 1. The Bertz CT molecular complexity index is 671. The molecular weight excluding hydrogens is 254 g/mol. The fourth-order valence-electron chi connectivity index (χ4n) is 1.70. The molecule has 1 heterocycles. The maximum Gasteiger partial charge on any atom is 0.248 e. The monoisotopic (exact) mass is 269 g/mol. The molecule has 0 aliphatic rings. The molecule has 0 bridgehead atoms. The third kappa shape index (κ3) is 3.65. The van der Waals surface area contributed by atoms with Gasteiger partial charge in [0.2, 0.25) is 5.91 Å². The van der Waals surface area contributed by atoms with Crippen LogP contribution in [0.4, 0.5) is 5.69 Å². The van der Waals surface area contributed by atoms with E-state index < -0.39 is 0 Å². The van der Waals surface area contributed by atoms with E-state index in [2.05, 4.69) is 10.4 Å². The molecule has 5 nitrogen and oxygen atoms in total. The number of hydrogen-bond donors (Lipinski definition) is 1. The number of ketones is 1. The number of carbonyl (C=O) groups excluding carboxylic acids is 2. The maximum atomic E-state index is 11.8. The van der Waals surface area contributed by atoms with E-state index in [1.807, 2.05) is 7.05 Å². The van der Waals surface area contributed by atoms with Crippen molar-refractivity contribution in [2.45, 2.75) is 6.92 Å². The molecule has 0 aliphatic carbocycles. The molecule has 2 aromatic rings. The summed E-state index contributed by atoms with van der Waals surface area (Å²) in [5.41, 5.74) is 2.01. The van der Waals surface area contributed by atoms with Crippen LogP contribution in [-0.2, 0) is 11.8 Å². The number of amides is 1. The second-order valence-corrected chi connectivity index (χ2v) is 4.41. The number of aryl methyl sites for hydroxylation is 1. The summed E-state index contributed by atoms with van der Waals surface area (Å²) in [6, 6.07) is 6.83. The fourth-order valence-corrected chi connectivity index (χ4v) is 1.70. The number of benzene rings is 1. The van der Waals surface area contributed by atoms with E-state index in [0.29, 0.717) is 11.3 Å². The molecule has 0 saturated heterocycles. The van der Waals surface area contributed by atoms with E-state index in [-0.39, 0.29) is 11.7 Å². The summed E-state index contributed by atoms with van der Waals surface area (Å²) in [4.78, 5) is 23.0. The molecule has 1 N–H and O–H groups in total. The van der Waals surface area contributed by atoms with Gasteiger partial charge in [0.05, 0.1) is 6.20 Å². The minimum Gasteiger partial charge on any atom is -0.322 e. The van der Waals surface area contributed by atoms with Crippen molar-refractivity contribution in [2.24, 2.45) is 7.05 Å². The summed E-state index contributed by atoms with van der Waals surface area (Å²) in [7, 11) is 1.81. The Morgan fingerprint density at radius 3 is 2.80 bits per heavy atom. The zero-order chi connectivity index (χ0) is 14.5. The third-order valence-corrected chi connectivity index (χ3v) is 2.69. The Morgan fingerprint density at radius 2 is 2.15 bits per heavy atom. The summed E-state index contributed by atoms with van der Waals surface area (Å²) in [6.07, 6.45) is 6.58. The Labute approximate surface area is 116 Å². The first kappa shape index (κ1) is 13.7. The molecular formula is C15H15N3O2. The summed E-state index contributed by atoms with van der Waals surface area (Å²) in [6.45, 7) is 1.49. The van der Waals surface area contributed by atoms with Gasteiger partial charge in [0.25, 0.3) is 0 Å². The van der Waals surface area contributed by atoms with Gasteiger partial charge in [-0.25, -0.2) is 0 Å². The smallest absolute Gasteiger partial charge is 0.248 e. The molecule has 0 atom stereocenters. The van der Waals surface area contributed by atoms with E-state index in [0.717, 1.165) is 5.56 Å². The van der Waals surface area contributed by atoms with E-state index in [1.165, 1.54) is 13.0 Å². The molecule has 0 radical (unpaired) electrons. The standard InChI is InChI=1S/C15H15N3O2/c1-11(19)13-4-3-5-14(8-13)17-15(20)7-6-12-9-16-18(2)10-12/h3-10H,1-2H3,(H,17,20)/b7-6-. The van der Waals surface area contributed by atoms with E-state index in [9.17, 15) is 9.59 Å². The first-order valence-electron chi connectivity index (χ1n) is 6.13. The average molecular weight is 269 g/mol. The van der Waals surface area contributed by atoms with Crippen LogP contribution in [0.3, 0.4) is 0 Å². The Morgan fingerprint density at radius 1 is 1.35 bits per heavy atom. The Hall–Kier alpha value is -2.69. The highest BCUT2D eigenvalue weighted by molar-refractivity contribution is 6.03. The molecule has 1 aromatic heterocycles. The molecule has 20 heavy (non-hydrogen) atoms. The second-order valence-electron chi connectivity index (χ2n) is 4.41. The van der Waals surface area contributed by atoms with Crippen LogP contribution in [0.2, 0.25) is 0 Å². The van der Waals surface area contributed by atoms with E-state index >= 15 is 0 Å². The Kier molecular flexibility index (Phi) is 4.10. The summed E-state index contributed by atoms with van der Waals surface area (Å²) in [5.74, 6) is -0.290. The fraction of sp³-hybridized carbons (Fsp3) is 0.133. The van der Waals surface area contributed by atoms with Crippen LogP contribution in [-0.4, -0.2) is 21.5 Å². The first-order valence-corrected chi connectivity index (χ1v) is 6.13. The number of nitrogens with zero attached hydrogens (tertiary/aromatic N) is 2. The number of aromatic nitrogens is 2. The number of Topliss-reactive ketones (excluding diaryl/α,β-unsaturated/α-hetero) is 1. The lowest BCUT2D eigenvalue weighted by molar-refractivity contribution is -0.111. The topological polar surface area (TPSA) is 64.0 Å². The van der Waals surface area contributed by atoms with Gasteiger partial charge in [-0.3, -0.25) is 14.3 Å². The van der Waals surface area contributed by atoms with Gasteiger partial charge in [0, 0.05) is 36.1 Å². The number of anilines is 1. The lowest BCUT2D eigenvalue weighted by Crippen LogP contribution is -2.08. The van der Waals surface area contributed by atoms with Crippen LogP contribution in [0.25, 0.3) is 6.08 Å². The van der Waals surface area contributed by atoms with Crippen molar-refractivity contribution in [3.05, 3.63) is 53.9 Å². The highest BCUT2D eigenvalue weighted by Gasteiger charge is 2.02. The molecule has 2 rings (SSSR count). The quantitative estimate of drug-likeness (QED) is 0.684. The zero-order valence-electron chi connectivity index (χ0n) is 11.3. The van der Waals surface area contributed by atoms with Crippen LogP contribution in [0.15, 0.2) is 42.7 Å².